The van der Waals surface area contributed by atoms with Gasteiger partial charge in [0.25, 0.3) is 5.09 Å². The van der Waals surface area contributed by atoms with Crippen molar-refractivity contribution in [3.63, 3.8) is 0 Å². The van der Waals surface area contributed by atoms with Gasteiger partial charge in [0, 0.05) is 12.5 Å². The third-order valence-corrected chi connectivity index (χ3v) is 2.91. The summed E-state index contributed by atoms with van der Waals surface area (Å²) in [4.78, 5) is 37.5. The molecule has 0 heterocycles. The van der Waals surface area contributed by atoms with Crippen molar-refractivity contribution in [2.75, 3.05) is 6.79 Å². The fraction of sp³-hybridized carbons (Fsp3) is 0.125. The Hall–Kier alpha value is -3.42. The summed E-state index contributed by atoms with van der Waals surface area (Å²) in [5.41, 5.74) is 1.19. The first-order chi connectivity index (χ1) is 11.5. The first kappa shape index (κ1) is 16.9. The smallest absolute Gasteiger partial charge is 0.343 e. The molecule has 8 nitrogen and oxygen atoms in total. The van der Waals surface area contributed by atoms with Gasteiger partial charge in [-0.15, -0.1) is 10.1 Å². The number of nitrogens with zero attached hydrogens (tertiary/aromatic N) is 1. The lowest BCUT2D eigenvalue weighted by molar-refractivity contribution is -0.765. The molecule has 2 aromatic carbocycles. The molecule has 0 fully saturated rings. The van der Waals surface area contributed by atoms with Crippen LogP contribution in [0.5, 0.6) is 5.75 Å². The molecule has 0 aliphatic carbocycles. The molecule has 0 bridgehead atoms. The van der Waals surface area contributed by atoms with Crippen molar-refractivity contribution in [2.24, 2.45) is 0 Å². The van der Waals surface area contributed by atoms with E-state index >= 15 is 0 Å². The third-order valence-electron chi connectivity index (χ3n) is 2.91. The molecule has 8 heteroatoms. The molecule has 0 saturated heterocycles. The lowest BCUT2D eigenvalue weighted by atomic mass is 10.0. The van der Waals surface area contributed by atoms with E-state index in [9.17, 15) is 19.7 Å². The molecule has 124 valence electrons. The van der Waals surface area contributed by atoms with E-state index in [1.807, 2.05) is 6.07 Å². The van der Waals surface area contributed by atoms with Gasteiger partial charge in [-0.1, -0.05) is 42.5 Å². The maximum absolute atomic E-state index is 12.1. The number of benzene rings is 2. The van der Waals surface area contributed by atoms with E-state index in [1.54, 1.807) is 36.4 Å². The average molecular weight is 331 g/mol. The summed E-state index contributed by atoms with van der Waals surface area (Å²) in [6, 6.07) is 13.6. The molecule has 0 spiro atoms. The molecule has 0 unspecified atom stereocenters. The van der Waals surface area contributed by atoms with Gasteiger partial charge in [0.1, 0.15) is 5.56 Å². The lowest BCUT2D eigenvalue weighted by Gasteiger charge is -2.13. The van der Waals surface area contributed by atoms with Gasteiger partial charge in [0.2, 0.25) is 6.79 Å². The van der Waals surface area contributed by atoms with Crippen LogP contribution in [-0.4, -0.2) is 23.8 Å². The van der Waals surface area contributed by atoms with Crippen molar-refractivity contribution in [3.8, 4) is 16.9 Å². The quantitative estimate of drug-likeness (QED) is 0.263. The minimum absolute atomic E-state index is 0.0160. The van der Waals surface area contributed by atoms with Crippen LogP contribution in [-0.2, 0) is 14.4 Å². The lowest BCUT2D eigenvalue weighted by Crippen LogP contribution is -2.14. The molecule has 0 atom stereocenters. The van der Waals surface area contributed by atoms with Crippen LogP contribution in [0.3, 0.4) is 0 Å². The van der Waals surface area contributed by atoms with Crippen molar-refractivity contribution in [3.05, 3.63) is 64.2 Å². The molecule has 2 rings (SSSR count). The summed E-state index contributed by atoms with van der Waals surface area (Å²) in [6.07, 6.45) is 0. The van der Waals surface area contributed by atoms with Gasteiger partial charge < -0.3 is 9.47 Å². The van der Waals surface area contributed by atoms with Crippen molar-refractivity contribution >= 4 is 11.9 Å². The Kier molecular flexibility index (Phi) is 5.45. The summed E-state index contributed by atoms with van der Waals surface area (Å²) in [7, 11) is 0. The van der Waals surface area contributed by atoms with Gasteiger partial charge in [-0.05, 0) is 11.6 Å². The van der Waals surface area contributed by atoms with Crippen LogP contribution in [0, 0.1) is 10.1 Å². The molecular weight excluding hydrogens is 318 g/mol. The van der Waals surface area contributed by atoms with Crippen LogP contribution in [0.25, 0.3) is 11.1 Å². The Morgan fingerprint density at radius 3 is 2.42 bits per heavy atom. The molecule has 0 saturated carbocycles. The molecule has 0 aromatic heterocycles. The molecule has 0 radical (unpaired) electrons. The SMILES string of the molecule is CC(=O)Oc1c(C(=O)OCO[N+](=O)[O-])cccc1-c1ccccc1. The summed E-state index contributed by atoms with van der Waals surface area (Å²) >= 11 is 0. The van der Waals surface area contributed by atoms with Crippen LogP contribution in [0.1, 0.15) is 17.3 Å². The largest absolute Gasteiger partial charge is 0.434 e. The fourth-order valence-electron chi connectivity index (χ4n) is 2.00. The monoisotopic (exact) mass is 331 g/mol. The first-order valence-electron chi connectivity index (χ1n) is 6.80. The second kappa shape index (κ2) is 7.73. The topological polar surface area (TPSA) is 105 Å². The number of ether oxygens (including phenoxy) is 2. The number of carbonyl (C=O) groups is 2. The summed E-state index contributed by atoms with van der Waals surface area (Å²) in [5, 5.41) is 9.01. The highest BCUT2D eigenvalue weighted by Crippen LogP contribution is 2.33. The van der Waals surface area contributed by atoms with E-state index in [1.165, 1.54) is 13.0 Å². The zero-order valence-corrected chi connectivity index (χ0v) is 12.6. The number of para-hydroxylation sites is 1. The minimum Gasteiger partial charge on any atom is -0.434 e. The van der Waals surface area contributed by atoms with Crippen molar-refractivity contribution in [1.29, 1.82) is 0 Å². The zero-order valence-electron chi connectivity index (χ0n) is 12.6. The molecule has 0 amide bonds. The number of hydrogen-bond donors (Lipinski definition) is 0. The highest BCUT2D eigenvalue weighted by molar-refractivity contribution is 5.96. The van der Waals surface area contributed by atoms with Gasteiger partial charge in [0.15, 0.2) is 5.75 Å². The molecule has 0 N–H and O–H groups in total. The van der Waals surface area contributed by atoms with Crippen LogP contribution in [0.15, 0.2) is 48.5 Å². The second-order valence-electron chi connectivity index (χ2n) is 4.54. The third kappa shape index (κ3) is 4.29. The van der Waals surface area contributed by atoms with E-state index in [0.717, 1.165) is 5.56 Å². The van der Waals surface area contributed by atoms with Crippen LogP contribution in [0.4, 0.5) is 0 Å². The first-order valence-corrected chi connectivity index (χ1v) is 6.80. The Labute approximate surface area is 136 Å². The maximum atomic E-state index is 12.1. The number of rotatable bonds is 6. The van der Waals surface area contributed by atoms with E-state index in [2.05, 4.69) is 9.57 Å². The van der Waals surface area contributed by atoms with Gasteiger partial charge in [-0.3, -0.25) is 9.63 Å². The maximum Gasteiger partial charge on any atom is 0.343 e. The molecule has 0 aliphatic heterocycles. The van der Waals surface area contributed by atoms with Crippen molar-refractivity contribution in [1.82, 2.24) is 0 Å². The van der Waals surface area contributed by atoms with Crippen LogP contribution in [0.2, 0.25) is 0 Å². The van der Waals surface area contributed by atoms with Crippen molar-refractivity contribution < 1.29 is 29.0 Å². The molecule has 24 heavy (non-hydrogen) atoms. The van der Waals surface area contributed by atoms with Crippen molar-refractivity contribution in [2.45, 2.75) is 6.92 Å². The molecule has 2 aromatic rings. The van der Waals surface area contributed by atoms with E-state index in [-0.39, 0.29) is 11.3 Å². The number of esters is 2. The minimum atomic E-state index is -1.08. The molecular formula is C16H13NO7. The highest BCUT2D eigenvalue weighted by Gasteiger charge is 2.20. The Bertz CT molecular complexity index is 758. The Balaban J connectivity index is 2.38. The summed E-state index contributed by atoms with van der Waals surface area (Å²) < 4.78 is 9.82. The predicted octanol–water partition coefficient (Wildman–Crippen LogP) is 2.60. The van der Waals surface area contributed by atoms with Crippen LogP contribution < -0.4 is 4.74 Å². The second-order valence-corrected chi connectivity index (χ2v) is 4.54. The van der Waals surface area contributed by atoms with Gasteiger partial charge in [-0.2, -0.15) is 0 Å². The average Bonchev–Trinajstić information content (AvgIpc) is 2.55. The fourth-order valence-corrected chi connectivity index (χ4v) is 2.00. The predicted molar refractivity (Wildman–Crippen MR) is 81.5 cm³/mol. The summed E-state index contributed by atoms with van der Waals surface area (Å²) in [5.74, 6) is -1.51. The summed E-state index contributed by atoms with van der Waals surface area (Å²) in [6.45, 7) is 0.341. The van der Waals surface area contributed by atoms with E-state index in [0.29, 0.717) is 5.56 Å². The normalized spacial score (nSPS) is 9.88. The van der Waals surface area contributed by atoms with E-state index < -0.39 is 23.8 Å². The van der Waals surface area contributed by atoms with E-state index in [4.69, 9.17) is 4.74 Å². The number of carbonyl (C=O) groups excluding carboxylic acids is 2. The number of hydrogen-bond acceptors (Lipinski definition) is 7. The molecule has 0 aliphatic rings. The van der Waals surface area contributed by atoms with Gasteiger partial charge in [-0.25, -0.2) is 4.79 Å². The Morgan fingerprint density at radius 1 is 1.08 bits per heavy atom. The van der Waals surface area contributed by atoms with Gasteiger partial charge >= 0.3 is 11.9 Å². The Morgan fingerprint density at radius 2 is 1.79 bits per heavy atom. The highest BCUT2D eigenvalue weighted by atomic mass is 17.0. The van der Waals surface area contributed by atoms with Crippen LogP contribution >= 0.6 is 0 Å². The van der Waals surface area contributed by atoms with Gasteiger partial charge in [0.05, 0.1) is 0 Å². The zero-order chi connectivity index (χ0) is 17.5. The standard InChI is InChI=1S/C16H13NO7/c1-11(18)24-15-13(12-6-3-2-4-7-12)8-5-9-14(15)16(19)22-10-23-17(20)21/h2-9H,10H2,1H3.